The number of fused-ring (bicyclic) bond motifs is 2. The Morgan fingerprint density at radius 1 is 1.13 bits per heavy atom. The third-order valence-corrected chi connectivity index (χ3v) is 5.92. The third-order valence-electron chi connectivity index (χ3n) is 5.67. The van der Waals surface area contributed by atoms with Gasteiger partial charge >= 0.3 is 11.4 Å². The van der Waals surface area contributed by atoms with E-state index >= 15 is 0 Å². The zero-order valence-corrected chi connectivity index (χ0v) is 17.9. The highest BCUT2D eigenvalue weighted by molar-refractivity contribution is 6.30. The van der Waals surface area contributed by atoms with E-state index in [1.54, 1.807) is 41.0 Å². The van der Waals surface area contributed by atoms with Crippen LogP contribution in [0.4, 0.5) is 5.69 Å². The molecule has 2 aromatic carbocycles. The second-order valence-corrected chi connectivity index (χ2v) is 8.58. The summed E-state index contributed by atoms with van der Waals surface area (Å²) >= 11 is 6.03. The molecule has 0 saturated carbocycles. The molecule has 7 heteroatoms. The van der Waals surface area contributed by atoms with Crippen LogP contribution in [0.5, 0.6) is 0 Å². The number of hydrogen-bond donors (Lipinski definition) is 1. The highest BCUT2D eigenvalue weighted by Gasteiger charge is 2.56. The van der Waals surface area contributed by atoms with Gasteiger partial charge in [0.15, 0.2) is 0 Å². The topological polar surface area (TPSA) is 68.3 Å². The molecule has 0 bridgehead atoms. The summed E-state index contributed by atoms with van der Waals surface area (Å²) in [7, 11) is 0. The van der Waals surface area contributed by atoms with Gasteiger partial charge in [-0.05, 0) is 36.4 Å². The van der Waals surface area contributed by atoms with Crippen LogP contribution in [0, 0.1) is 12.5 Å². The molecule has 2 heterocycles. The number of carbonyl (C=O) groups excluding carboxylic acids is 1. The van der Waals surface area contributed by atoms with Crippen molar-refractivity contribution in [2.24, 2.45) is 5.92 Å². The Hall–Kier alpha value is -3.17. The number of rotatable bonds is 3. The quantitative estimate of drug-likeness (QED) is 0.613. The number of nitrogens with one attached hydrogen (secondary N) is 1. The van der Waals surface area contributed by atoms with Crippen molar-refractivity contribution >= 4 is 34.2 Å². The largest absolute Gasteiger partial charge is 0.338 e. The normalized spacial score (nSPS) is 18.0. The summed E-state index contributed by atoms with van der Waals surface area (Å²) in [4.78, 5) is 34.5. The summed E-state index contributed by atoms with van der Waals surface area (Å²) in [6.45, 7) is 15.3. The molecule has 0 fully saturated rings. The maximum atomic E-state index is 13.3. The summed E-state index contributed by atoms with van der Waals surface area (Å²) in [5.74, 6) is -0.660. The Kier molecular flexibility index (Phi) is 4.67. The molecule has 1 aromatic heterocycles. The fourth-order valence-electron chi connectivity index (χ4n) is 4.04. The number of amides is 1. The van der Waals surface area contributed by atoms with E-state index in [0.29, 0.717) is 38.7 Å². The number of anilines is 1. The van der Waals surface area contributed by atoms with Crippen LogP contribution in [0.15, 0.2) is 41.2 Å². The molecule has 1 atom stereocenters. The van der Waals surface area contributed by atoms with Crippen molar-refractivity contribution in [1.82, 2.24) is 9.55 Å². The monoisotopic (exact) mass is 420 g/mol. The molecule has 152 valence electrons. The first-order valence-electron chi connectivity index (χ1n) is 9.78. The van der Waals surface area contributed by atoms with Crippen molar-refractivity contribution in [3.8, 4) is 5.69 Å². The zero-order chi connectivity index (χ0) is 21.8. The summed E-state index contributed by atoms with van der Waals surface area (Å²) in [6, 6.07) is 10.5. The highest BCUT2D eigenvalue weighted by Crippen LogP contribution is 2.45. The van der Waals surface area contributed by atoms with Gasteiger partial charge in [-0.3, -0.25) is 19.0 Å². The Morgan fingerprint density at radius 3 is 2.37 bits per heavy atom. The maximum absolute atomic E-state index is 13.3. The highest BCUT2D eigenvalue weighted by atomic mass is 35.5. The number of carbonyl (C=O) groups is 1. The van der Waals surface area contributed by atoms with Gasteiger partial charge in [0.05, 0.1) is 22.3 Å². The van der Waals surface area contributed by atoms with Crippen LogP contribution in [-0.4, -0.2) is 15.5 Å². The lowest BCUT2D eigenvalue weighted by Crippen LogP contribution is -2.36. The van der Waals surface area contributed by atoms with Gasteiger partial charge in [-0.15, -0.1) is 0 Å². The first-order chi connectivity index (χ1) is 14.2. The van der Waals surface area contributed by atoms with Crippen molar-refractivity contribution in [1.29, 1.82) is 0 Å². The Labute approximate surface area is 179 Å². The average molecular weight is 421 g/mol. The number of hydrogen-bond acceptors (Lipinski definition) is 3. The molecule has 30 heavy (non-hydrogen) atoms. The molecule has 1 aliphatic rings. The molecule has 1 unspecified atom stereocenters. The van der Waals surface area contributed by atoms with Crippen molar-refractivity contribution in [2.45, 2.75) is 39.2 Å². The predicted octanol–water partition coefficient (Wildman–Crippen LogP) is 4.89. The van der Waals surface area contributed by atoms with E-state index in [0.717, 1.165) is 0 Å². The van der Waals surface area contributed by atoms with Gasteiger partial charge in [-0.1, -0.05) is 39.3 Å². The lowest BCUT2D eigenvalue weighted by molar-refractivity contribution is -0.120. The van der Waals surface area contributed by atoms with Crippen molar-refractivity contribution in [3.63, 3.8) is 0 Å². The summed E-state index contributed by atoms with van der Waals surface area (Å²) in [5.41, 5.74) is 1.84. The molecule has 4 rings (SSSR count). The number of nitrogens with zero attached hydrogens (tertiary/aromatic N) is 3. The number of benzene rings is 2. The summed E-state index contributed by atoms with van der Waals surface area (Å²) in [6.07, 6.45) is 0. The van der Waals surface area contributed by atoms with Crippen LogP contribution < -0.4 is 10.9 Å². The summed E-state index contributed by atoms with van der Waals surface area (Å²) < 4.78 is 1.59. The molecule has 6 nitrogen and oxygen atoms in total. The fourth-order valence-corrected chi connectivity index (χ4v) is 4.17. The molecular weight excluding hydrogens is 400 g/mol. The molecule has 1 amide bonds. The molecule has 3 aromatic rings. The van der Waals surface area contributed by atoms with E-state index in [2.05, 4.69) is 15.1 Å². The van der Waals surface area contributed by atoms with E-state index in [1.165, 1.54) is 0 Å². The van der Waals surface area contributed by atoms with Crippen LogP contribution in [-0.2, 0) is 10.3 Å². The fraction of sp³-hybridized carbons (Fsp3) is 0.304. The maximum Gasteiger partial charge on any atom is 0.338 e. The average Bonchev–Trinajstić information content (AvgIpc) is 2.98. The molecular formula is C23H21ClN4O2. The van der Waals surface area contributed by atoms with Crippen LogP contribution in [0.3, 0.4) is 0 Å². The molecule has 1 aliphatic heterocycles. The number of halogens is 1. The van der Waals surface area contributed by atoms with Crippen LogP contribution >= 0.6 is 11.6 Å². The van der Waals surface area contributed by atoms with Crippen LogP contribution in [0.2, 0.25) is 5.02 Å². The van der Waals surface area contributed by atoms with E-state index in [1.807, 2.05) is 27.7 Å². The van der Waals surface area contributed by atoms with Crippen molar-refractivity contribution in [2.75, 3.05) is 5.32 Å². The lowest BCUT2D eigenvalue weighted by atomic mass is 9.81. The van der Waals surface area contributed by atoms with Gasteiger partial charge < -0.3 is 5.32 Å². The molecule has 0 spiro atoms. The van der Waals surface area contributed by atoms with E-state index in [4.69, 9.17) is 18.2 Å². The van der Waals surface area contributed by atoms with E-state index in [-0.39, 0.29) is 23.3 Å². The standard InChI is InChI=1S/C23H21ClN4O2/c1-12(2)20-21(29)28(15-8-6-14(24)7-9-15)19-11-17-16(10-18(19)26-20)23(25-5,13(3)4)22(30)27-17/h6-13H,1-4H3,(H,27,30). The Bertz CT molecular complexity index is 1290. The zero-order valence-electron chi connectivity index (χ0n) is 17.2. The molecule has 1 N–H and O–H groups in total. The Balaban J connectivity index is 2.12. The van der Waals surface area contributed by atoms with Gasteiger partial charge in [0.2, 0.25) is 0 Å². The second-order valence-electron chi connectivity index (χ2n) is 8.14. The van der Waals surface area contributed by atoms with Crippen molar-refractivity contribution < 1.29 is 4.79 Å². The van der Waals surface area contributed by atoms with Gasteiger partial charge in [0, 0.05) is 22.5 Å². The van der Waals surface area contributed by atoms with Crippen LogP contribution in [0.1, 0.15) is 44.9 Å². The number of aromatic nitrogens is 2. The molecule has 0 radical (unpaired) electrons. The molecule has 0 aliphatic carbocycles. The first kappa shape index (κ1) is 20.1. The minimum Gasteiger partial charge on any atom is -0.318 e. The van der Waals surface area contributed by atoms with Gasteiger partial charge in [-0.25, -0.2) is 11.6 Å². The van der Waals surface area contributed by atoms with Crippen molar-refractivity contribution in [3.05, 3.63) is 74.4 Å². The first-order valence-corrected chi connectivity index (χ1v) is 10.2. The van der Waals surface area contributed by atoms with Gasteiger partial charge in [-0.2, -0.15) is 0 Å². The minimum absolute atomic E-state index is 0.0934. The molecule has 0 saturated heterocycles. The van der Waals surface area contributed by atoms with Crippen LogP contribution in [0.25, 0.3) is 21.6 Å². The summed E-state index contributed by atoms with van der Waals surface area (Å²) in [5, 5.41) is 3.41. The van der Waals surface area contributed by atoms with Gasteiger partial charge in [0.25, 0.3) is 5.56 Å². The third kappa shape index (κ3) is 2.73. The Morgan fingerprint density at radius 2 is 1.80 bits per heavy atom. The van der Waals surface area contributed by atoms with E-state index < -0.39 is 5.54 Å². The second kappa shape index (κ2) is 6.96. The predicted molar refractivity (Wildman–Crippen MR) is 118 cm³/mol. The van der Waals surface area contributed by atoms with E-state index in [9.17, 15) is 9.59 Å². The van der Waals surface area contributed by atoms with Gasteiger partial charge in [0.1, 0.15) is 5.69 Å². The SMILES string of the molecule is [C-]#[N+]C1(C(C)C)C(=O)Nc2cc3c(cc21)nc(C(C)C)c(=O)n3-c1ccc(Cl)cc1. The minimum atomic E-state index is -1.30. The lowest BCUT2D eigenvalue weighted by Gasteiger charge is -2.19. The smallest absolute Gasteiger partial charge is 0.318 e.